The quantitative estimate of drug-likeness (QED) is 0.768. The Bertz CT molecular complexity index is 196. The predicted octanol–water partition coefficient (Wildman–Crippen LogP) is 1.78. The van der Waals surface area contributed by atoms with E-state index in [2.05, 4.69) is 17.7 Å². The van der Waals surface area contributed by atoms with Gasteiger partial charge in [0.2, 0.25) is 0 Å². The van der Waals surface area contributed by atoms with Crippen molar-refractivity contribution in [2.75, 3.05) is 33.4 Å². The Morgan fingerprint density at radius 2 is 1.47 bits per heavy atom. The zero-order valence-electron chi connectivity index (χ0n) is 11.2. The fraction of sp³-hybridized carbons (Fsp3) is 1.00. The van der Waals surface area contributed by atoms with Crippen LogP contribution in [0.15, 0.2) is 0 Å². The van der Waals surface area contributed by atoms with E-state index >= 15 is 0 Å². The zero-order valence-corrected chi connectivity index (χ0v) is 11.2. The monoisotopic (exact) mass is 240 g/mol. The van der Waals surface area contributed by atoms with E-state index in [1.54, 1.807) is 0 Å². The Kier molecular flexibility index (Phi) is 5.75. The van der Waals surface area contributed by atoms with Crippen molar-refractivity contribution in [1.29, 1.82) is 0 Å². The molecule has 0 aromatic rings. The maximum atomic E-state index is 5.39. The first-order chi connectivity index (χ1) is 8.38. The molecule has 0 spiro atoms. The lowest BCUT2D eigenvalue weighted by atomic mass is 9.86. The predicted molar refractivity (Wildman–Crippen MR) is 71.2 cm³/mol. The molecule has 2 N–H and O–H groups in total. The van der Waals surface area contributed by atoms with Gasteiger partial charge >= 0.3 is 0 Å². The Labute approximate surface area is 106 Å². The van der Waals surface area contributed by atoms with Gasteiger partial charge in [0.15, 0.2) is 0 Å². The van der Waals surface area contributed by atoms with Crippen LogP contribution in [-0.2, 0) is 4.74 Å². The molecular weight excluding hydrogens is 212 g/mol. The molecule has 0 amide bonds. The van der Waals surface area contributed by atoms with Gasteiger partial charge in [0.1, 0.15) is 0 Å². The smallest absolute Gasteiger partial charge is 0.0469 e. The molecule has 100 valence electrons. The molecule has 0 bridgehead atoms. The summed E-state index contributed by atoms with van der Waals surface area (Å²) in [6.07, 6.45) is 8.01. The van der Waals surface area contributed by atoms with Gasteiger partial charge in [0.25, 0.3) is 0 Å². The maximum absolute atomic E-state index is 5.39. The number of rotatable bonds is 5. The number of hydrogen-bond acceptors (Lipinski definition) is 3. The Hall–Kier alpha value is -0.120. The van der Waals surface area contributed by atoms with Gasteiger partial charge in [-0.2, -0.15) is 0 Å². The van der Waals surface area contributed by atoms with Crippen molar-refractivity contribution in [2.24, 2.45) is 11.8 Å². The molecule has 2 rings (SSSR count). The van der Waals surface area contributed by atoms with E-state index in [-0.39, 0.29) is 0 Å². The summed E-state index contributed by atoms with van der Waals surface area (Å²) in [6, 6.07) is 0.779. The fourth-order valence-electron chi connectivity index (χ4n) is 3.10. The van der Waals surface area contributed by atoms with Gasteiger partial charge < -0.3 is 15.4 Å². The summed E-state index contributed by atoms with van der Waals surface area (Å²) in [4.78, 5) is 0. The minimum Gasteiger partial charge on any atom is -0.381 e. The van der Waals surface area contributed by atoms with Crippen LogP contribution in [0.25, 0.3) is 0 Å². The van der Waals surface area contributed by atoms with Gasteiger partial charge in [-0.1, -0.05) is 0 Å². The van der Waals surface area contributed by atoms with Crippen molar-refractivity contribution in [3.8, 4) is 0 Å². The molecular formula is C14H28N2O. The lowest BCUT2D eigenvalue weighted by molar-refractivity contribution is 0.0658. The highest BCUT2D eigenvalue weighted by Crippen LogP contribution is 2.23. The summed E-state index contributed by atoms with van der Waals surface area (Å²) in [7, 11) is 2.09. The van der Waals surface area contributed by atoms with Crippen molar-refractivity contribution in [1.82, 2.24) is 10.6 Å². The largest absolute Gasteiger partial charge is 0.381 e. The van der Waals surface area contributed by atoms with Crippen LogP contribution in [0.4, 0.5) is 0 Å². The summed E-state index contributed by atoms with van der Waals surface area (Å²) in [5.41, 5.74) is 0. The number of nitrogens with one attached hydrogen (secondary N) is 2. The molecule has 3 nitrogen and oxygen atoms in total. The van der Waals surface area contributed by atoms with Crippen molar-refractivity contribution < 1.29 is 4.74 Å². The SMILES string of the molecule is CNC1CCC(CNCC2CCOCC2)CC1. The van der Waals surface area contributed by atoms with E-state index in [0.717, 1.165) is 31.1 Å². The fourth-order valence-corrected chi connectivity index (χ4v) is 3.10. The maximum Gasteiger partial charge on any atom is 0.0469 e. The summed E-state index contributed by atoms with van der Waals surface area (Å²) in [5.74, 6) is 1.77. The first-order valence-corrected chi connectivity index (χ1v) is 7.34. The molecule has 3 heteroatoms. The van der Waals surface area contributed by atoms with Crippen molar-refractivity contribution >= 4 is 0 Å². The number of ether oxygens (including phenoxy) is 1. The third kappa shape index (κ3) is 4.57. The summed E-state index contributed by atoms with van der Waals surface area (Å²) in [5, 5.41) is 7.08. The van der Waals surface area contributed by atoms with E-state index in [4.69, 9.17) is 4.74 Å². The highest BCUT2D eigenvalue weighted by atomic mass is 16.5. The molecule has 0 radical (unpaired) electrons. The van der Waals surface area contributed by atoms with Crippen LogP contribution in [0, 0.1) is 11.8 Å². The molecule has 0 atom stereocenters. The van der Waals surface area contributed by atoms with Gasteiger partial charge in [0, 0.05) is 19.3 Å². The van der Waals surface area contributed by atoms with Gasteiger partial charge in [-0.05, 0) is 70.5 Å². The van der Waals surface area contributed by atoms with Gasteiger partial charge in [-0.3, -0.25) is 0 Å². The molecule has 1 saturated heterocycles. The van der Waals surface area contributed by atoms with Crippen LogP contribution < -0.4 is 10.6 Å². The van der Waals surface area contributed by atoms with Crippen molar-refractivity contribution in [3.63, 3.8) is 0 Å². The minimum atomic E-state index is 0.779. The molecule has 0 unspecified atom stereocenters. The van der Waals surface area contributed by atoms with E-state index in [1.165, 1.54) is 51.6 Å². The van der Waals surface area contributed by atoms with Gasteiger partial charge in [-0.25, -0.2) is 0 Å². The van der Waals surface area contributed by atoms with Gasteiger partial charge in [-0.15, -0.1) is 0 Å². The third-order valence-corrected chi connectivity index (χ3v) is 4.46. The van der Waals surface area contributed by atoms with Crippen LogP contribution in [-0.4, -0.2) is 39.4 Å². The average Bonchev–Trinajstić information content (AvgIpc) is 2.41. The highest BCUT2D eigenvalue weighted by Gasteiger charge is 2.20. The molecule has 0 aromatic heterocycles. The Morgan fingerprint density at radius 1 is 0.882 bits per heavy atom. The molecule has 1 aliphatic heterocycles. The summed E-state index contributed by atoms with van der Waals surface area (Å²) >= 11 is 0. The van der Waals surface area contributed by atoms with Gasteiger partial charge in [0.05, 0.1) is 0 Å². The third-order valence-electron chi connectivity index (χ3n) is 4.46. The van der Waals surface area contributed by atoms with Crippen LogP contribution in [0.2, 0.25) is 0 Å². The standard InChI is InChI=1S/C14H28N2O/c1-15-14-4-2-12(3-5-14)10-16-11-13-6-8-17-9-7-13/h12-16H,2-11H2,1H3. The summed E-state index contributed by atoms with van der Waals surface area (Å²) < 4.78 is 5.39. The number of hydrogen-bond donors (Lipinski definition) is 2. The molecule has 0 aromatic carbocycles. The topological polar surface area (TPSA) is 33.3 Å². The first kappa shape index (κ1) is 13.3. The second kappa shape index (κ2) is 7.34. The van der Waals surface area contributed by atoms with E-state index in [1.807, 2.05) is 0 Å². The van der Waals surface area contributed by atoms with E-state index in [9.17, 15) is 0 Å². The van der Waals surface area contributed by atoms with E-state index in [0.29, 0.717) is 0 Å². The normalized spacial score (nSPS) is 31.6. The van der Waals surface area contributed by atoms with Crippen LogP contribution >= 0.6 is 0 Å². The van der Waals surface area contributed by atoms with E-state index < -0.39 is 0 Å². The second-order valence-electron chi connectivity index (χ2n) is 5.72. The molecule has 1 heterocycles. The van der Waals surface area contributed by atoms with Crippen LogP contribution in [0.5, 0.6) is 0 Å². The highest BCUT2D eigenvalue weighted by molar-refractivity contribution is 4.77. The van der Waals surface area contributed by atoms with Crippen molar-refractivity contribution in [2.45, 2.75) is 44.6 Å². The average molecular weight is 240 g/mol. The lowest BCUT2D eigenvalue weighted by Crippen LogP contribution is -2.35. The lowest BCUT2D eigenvalue weighted by Gasteiger charge is -2.29. The van der Waals surface area contributed by atoms with Crippen LogP contribution in [0.1, 0.15) is 38.5 Å². The summed E-state index contributed by atoms with van der Waals surface area (Å²) in [6.45, 7) is 4.38. The molecule has 1 saturated carbocycles. The molecule has 2 aliphatic rings. The minimum absolute atomic E-state index is 0.779. The molecule has 17 heavy (non-hydrogen) atoms. The molecule has 2 fully saturated rings. The Balaban J connectivity index is 1.53. The molecule has 1 aliphatic carbocycles. The zero-order chi connectivity index (χ0) is 11.9. The first-order valence-electron chi connectivity index (χ1n) is 7.34. The second-order valence-corrected chi connectivity index (χ2v) is 5.72. The van der Waals surface area contributed by atoms with Crippen molar-refractivity contribution in [3.05, 3.63) is 0 Å². The Morgan fingerprint density at radius 3 is 2.06 bits per heavy atom. The van der Waals surface area contributed by atoms with Crippen LogP contribution in [0.3, 0.4) is 0 Å².